The molecule has 0 atom stereocenters. The van der Waals surface area contributed by atoms with Crippen molar-refractivity contribution >= 4 is 10.0 Å². The van der Waals surface area contributed by atoms with Crippen LogP contribution in [0.2, 0.25) is 0 Å². The van der Waals surface area contributed by atoms with E-state index < -0.39 is 10.0 Å². The lowest BCUT2D eigenvalue weighted by Crippen LogP contribution is -2.28. The molecule has 7 heteroatoms. The number of hydrogen-bond donors (Lipinski definition) is 1. The quantitative estimate of drug-likeness (QED) is 0.741. The van der Waals surface area contributed by atoms with Gasteiger partial charge in [0.2, 0.25) is 0 Å². The Labute approximate surface area is 143 Å². The van der Waals surface area contributed by atoms with E-state index in [-0.39, 0.29) is 18.2 Å². The predicted octanol–water partition coefficient (Wildman–Crippen LogP) is 2.28. The van der Waals surface area contributed by atoms with Gasteiger partial charge >= 0.3 is 0 Å². The Morgan fingerprint density at radius 2 is 2.08 bits per heavy atom. The summed E-state index contributed by atoms with van der Waals surface area (Å²) in [6.07, 6.45) is 3.95. The molecule has 0 unspecified atom stereocenters. The van der Waals surface area contributed by atoms with Gasteiger partial charge in [-0.1, -0.05) is 19.9 Å². The van der Waals surface area contributed by atoms with Crippen LogP contribution in [0.4, 0.5) is 0 Å². The molecular weight excluding hydrogens is 326 g/mol. The smallest absolute Gasteiger partial charge is 0.259 e. The molecule has 6 nitrogen and oxygen atoms in total. The van der Waals surface area contributed by atoms with E-state index in [2.05, 4.69) is 36.5 Å². The Balaban J connectivity index is 1.85. The topological polar surface area (TPSA) is 73.2 Å². The third-order valence-corrected chi connectivity index (χ3v) is 4.91. The highest BCUT2D eigenvalue weighted by atomic mass is 32.2. The molecular formula is C17H25N3O3S. The molecule has 1 aromatic heterocycles. The Morgan fingerprint density at radius 3 is 2.67 bits per heavy atom. The molecule has 0 aliphatic carbocycles. The van der Waals surface area contributed by atoms with Gasteiger partial charge in [-0.05, 0) is 42.5 Å². The fourth-order valence-electron chi connectivity index (χ4n) is 2.37. The predicted molar refractivity (Wildman–Crippen MR) is 93.6 cm³/mol. The SMILES string of the molecule is Cc1cc(OCCNS(=O)(=O)c2cn(C)cn2)ccc1CC(C)C. The second kappa shape index (κ2) is 7.81. The van der Waals surface area contributed by atoms with Crippen molar-refractivity contribution in [3.63, 3.8) is 0 Å². The largest absolute Gasteiger partial charge is 0.492 e. The Morgan fingerprint density at radius 1 is 1.33 bits per heavy atom. The van der Waals surface area contributed by atoms with Crippen molar-refractivity contribution in [2.45, 2.75) is 32.2 Å². The molecule has 0 radical (unpaired) electrons. The molecule has 0 spiro atoms. The van der Waals surface area contributed by atoms with Gasteiger partial charge in [-0.3, -0.25) is 0 Å². The monoisotopic (exact) mass is 351 g/mol. The fraction of sp³-hybridized carbons (Fsp3) is 0.471. The van der Waals surface area contributed by atoms with Crippen LogP contribution < -0.4 is 9.46 Å². The van der Waals surface area contributed by atoms with E-state index in [0.29, 0.717) is 5.92 Å². The van der Waals surface area contributed by atoms with E-state index in [9.17, 15) is 8.42 Å². The summed E-state index contributed by atoms with van der Waals surface area (Å²) < 4.78 is 33.7. The standard InChI is InChI=1S/C17H25N3O3S/c1-13(2)9-15-5-6-16(10-14(15)3)23-8-7-19-24(21,22)17-11-20(4)12-18-17/h5-6,10-13,19H,7-9H2,1-4H3. The van der Waals surface area contributed by atoms with Crippen LogP contribution >= 0.6 is 0 Å². The van der Waals surface area contributed by atoms with Crippen LogP contribution in [0.15, 0.2) is 35.7 Å². The van der Waals surface area contributed by atoms with Gasteiger partial charge in [-0.2, -0.15) is 0 Å². The first-order valence-corrected chi connectivity index (χ1v) is 9.46. The highest BCUT2D eigenvalue weighted by Gasteiger charge is 2.16. The van der Waals surface area contributed by atoms with Crippen LogP contribution in [0.3, 0.4) is 0 Å². The molecule has 24 heavy (non-hydrogen) atoms. The highest BCUT2D eigenvalue weighted by Crippen LogP contribution is 2.19. The lowest BCUT2D eigenvalue weighted by Gasteiger charge is -2.12. The Kier molecular flexibility index (Phi) is 6.01. The summed E-state index contributed by atoms with van der Waals surface area (Å²) in [5, 5.41) is 0.0129. The van der Waals surface area contributed by atoms with Gasteiger partial charge in [0.05, 0.1) is 6.33 Å². The zero-order valence-electron chi connectivity index (χ0n) is 14.6. The van der Waals surface area contributed by atoms with Crippen LogP contribution in [0.5, 0.6) is 5.75 Å². The normalized spacial score (nSPS) is 11.9. The molecule has 1 heterocycles. The first-order chi connectivity index (χ1) is 11.3. The molecule has 132 valence electrons. The molecule has 1 N–H and O–H groups in total. The zero-order valence-corrected chi connectivity index (χ0v) is 15.4. The number of benzene rings is 1. The molecule has 2 rings (SSSR count). The minimum absolute atomic E-state index is 0.0129. The van der Waals surface area contributed by atoms with E-state index in [1.165, 1.54) is 23.7 Å². The third-order valence-electron chi connectivity index (χ3n) is 3.56. The molecule has 0 amide bonds. The summed E-state index contributed by atoms with van der Waals surface area (Å²) in [5.41, 5.74) is 2.50. The van der Waals surface area contributed by atoms with Gasteiger partial charge in [-0.15, -0.1) is 0 Å². The highest BCUT2D eigenvalue weighted by molar-refractivity contribution is 7.89. The van der Waals surface area contributed by atoms with Gasteiger partial charge in [0.25, 0.3) is 10.0 Å². The maximum absolute atomic E-state index is 12.0. The maximum atomic E-state index is 12.0. The van der Waals surface area contributed by atoms with Crippen LogP contribution in [0.1, 0.15) is 25.0 Å². The van der Waals surface area contributed by atoms with Crippen LogP contribution in [-0.4, -0.2) is 31.1 Å². The van der Waals surface area contributed by atoms with Crippen molar-refractivity contribution in [1.29, 1.82) is 0 Å². The summed E-state index contributed by atoms with van der Waals surface area (Å²) in [6, 6.07) is 5.99. The van der Waals surface area contributed by atoms with Gasteiger partial charge < -0.3 is 9.30 Å². The summed E-state index contributed by atoms with van der Waals surface area (Å²) in [6.45, 7) is 6.89. The third kappa shape index (κ3) is 5.07. The summed E-state index contributed by atoms with van der Waals surface area (Å²) in [7, 11) is -1.86. The number of hydrogen-bond acceptors (Lipinski definition) is 4. The number of nitrogens with one attached hydrogen (secondary N) is 1. The van der Waals surface area contributed by atoms with Gasteiger partial charge in [0.15, 0.2) is 5.03 Å². The number of aromatic nitrogens is 2. The lowest BCUT2D eigenvalue weighted by atomic mass is 9.99. The van der Waals surface area contributed by atoms with Crippen molar-refractivity contribution in [3.8, 4) is 5.75 Å². The molecule has 0 fully saturated rings. The van der Waals surface area contributed by atoms with Crippen LogP contribution in [0, 0.1) is 12.8 Å². The van der Waals surface area contributed by atoms with Gasteiger partial charge in [-0.25, -0.2) is 18.1 Å². The maximum Gasteiger partial charge on any atom is 0.259 e. The lowest BCUT2D eigenvalue weighted by molar-refractivity contribution is 0.322. The molecule has 0 saturated heterocycles. The second-order valence-electron chi connectivity index (χ2n) is 6.31. The number of ether oxygens (including phenoxy) is 1. The number of sulfonamides is 1. The van der Waals surface area contributed by atoms with E-state index in [1.807, 2.05) is 12.1 Å². The van der Waals surface area contributed by atoms with Crippen molar-refractivity contribution in [2.24, 2.45) is 13.0 Å². The van der Waals surface area contributed by atoms with Crippen molar-refractivity contribution in [1.82, 2.24) is 14.3 Å². The first kappa shape index (κ1) is 18.5. The average molecular weight is 351 g/mol. The molecule has 0 aliphatic heterocycles. The summed E-state index contributed by atoms with van der Waals surface area (Å²) in [4.78, 5) is 3.84. The number of rotatable bonds is 8. The van der Waals surface area contributed by atoms with E-state index in [0.717, 1.165) is 12.2 Å². The van der Waals surface area contributed by atoms with Crippen LogP contribution in [0.25, 0.3) is 0 Å². The summed E-state index contributed by atoms with van der Waals surface area (Å²) >= 11 is 0. The minimum Gasteiger partial charge on any atom is -0.492 e. The van der Waals surface area contributed by atoms with Crippen LogP contribution in [-0.2, 0) is 23.5 Å². The second-order valence-corrected chi connectivity index (χ2v) is 8.02. The number of imidazole rings is 1. The number of nitrogens with zero attached hydrogens (tertiary/aromatic N) is 2. The Hall–Kier alpha value is -1.86. The number of aryl methyl sites for hydroxylation is 2. The average Bonchev–Trinajstić information content (AvgIpc) is 2.93. The summed E-state index contributed by atoms with van der Waals surface area (Å²) in [5.74, 6) is 1.36. The van der Waals surface area contributed by atoms with Crippen molar-refractivity contribution < 1.29 is 13.2 Å². The van der Waals surface area contributed by atoms with E-state index in [4.69, 9.17) is 4.74 Å². The Bertz CT molecular complexity index is 782. The van der Waals surface area contributed by atoms with E-state index >= 15 is 0 Å². The van der Waals surface area contributed by atoms with Crippen molar-refractivity contribution in [2.75, 3.05) is 13.2 Å². The fourth-order valence-corrected chi connectivity index (χ4v) is 3.36. The van der Waals surface area contributed by atoms with Gasteiger partial charge in [0, 0.05) is 19.8 Å². The van der Waals surface area contributed by atoms with E-state index in [1.54, 1.807) is 11.6 Å². The molecule has 0 saturated carbocycles. The molecule has 2 aromatic rings. The van der Waals surface area contributed by atoms with Gasteiger partial charge in [0.1, 0.15) is 12.4 Å². The minimum atomic E-state index is -3.58. The molecule has 1 aromatic carbocycles. The molecule has 0 aliphatic rings. The molecule has 0 bridgehead atoms. The first-order valence-electron chi connectivity index (χ1n) is 7.98. The zero-order chi connectivity index (χ0) is 17.7. The van der Waals surface area contributed by atoms with Crippen molar-refractivity contribution in [3.05, 3.63) is 41.9 Å².